The Bertz CT molecular complexity index is 953. The van der Waals surface area contributed by atoms with Gasteiger partial charge in [0.1, 0.15) is 6.04 Å². The molecular weight excluding hydrogens is 398 g/mol. The fraction of sp³-hybridized carbons (Fsp3) is 0.435. The Morgan fingerprint density at radius 1 is 1.23 bits per heavy atom. The molecule has 2 N–H and O–H groups in total. The molecule has 30 heavy (non-hydrogen) atoms. The number of hydrogen-bond donors (Lipinski definition) is 2. The summed E-state index contributed by atoms with van der Waals surface area (Å²) in [6.45, 7) is 4.47. The van der Waals surface area contributed by atoms with Crippen LogP contribution in [0.4, 0.5) is 5.69 Å². The van der Waals surface area contributed by atoms with E-state index in [1.165, 1.54) is 0 Å². The van der Waals surface area contributed by atoms with Gasteiger partial charge in [-0.2, -0.15) is 11.3 Å². The van der Waals surface area contributed by atoms with E-state index < -0.39 is 6.04 Å². The Morgan fingerprint density at radius 2 is 2.03 bits per heavy atom. The average Bonchev–Trinajstić information content (AvgIpc) is 3.26. The van der Waals surface area contributed by atoms with E-state index in [4.69, 9.17) is 0 Å². The van der Waals surface area contributed by atoms with Crippen molar-refractivity contribution in [1.29, 1.82) is 0 Å². The van der Waals surface area contributed by atoms with Gasteiger partial charge in [0, 0.05) is 18.5 Å². The van der Waals surface area contributed by atoms with Crippen molar-refractivity contribution in [2.75, 3.05) is 11.9 Å². The van der Waals surface area contributed by atoms with Crippen LogP contribution in [-0.4, -0.2) is 41.2 Å². The van der Waals surface area contributed by atoms with Crippen LogP contribution in [0.2, 0.25) is 0 Å². The van der Waals surface area contributed by atoms with Gasteiger partial charge in [0.05, 0.1) is 11.3 Å². The second-order valence-electron chi connectivity index (χ2n) is 8.02. The van der Waals surface area contributed by atoms with Crippen molar-refractivity contribution < 1.29 is 14.4 Å². The highest BCUT2D eigenvalue weighted by Crippen LogP contribution is 2.32. The fourth-order valence-corrected chi connectivity index (χ4v) is 5.04. The summed E-state index contributed by atoms with van der Waals surface area (Å²) in [5.41, 5.74) is 3.10. The van der Waals surface area contributed by atoms with Gasteiger partial charge in [0.15, 0.2) is 0 Å². The topological polar surface area (TPSA) is 78.5 Å². The number of nitrogens with one attached hydrogen (secondary N) is 2. The van der Waals surface area contributed by atoms with Crippen LogP contribution in [0.5, 0.6) is 0 Å². The van der Waals surface area contributed by atoms with Crippen molar-refractivity contribution in [3.05, 3.63) is 40.6 Å². The zero-order chi connectivity index (χ0) is 21.3. The van der Waals surface area contributed by atoms with Crippen LogP contribution in [0.25, 0.3) is 11.1 Å². The van der Waals surface area contributed by atoms with Crippen LogP contribution in [0.15, 0.2) is 35.0 Å². The predicted octanol–water partition coefficient (Wildman–Crippen LogP) is 3.89. The van der Waals surface area contributed by atoms with Gasteiger partial charge in [0.25, 0.3) is 5.91 Å². The molecule has 0 aliphatic carbocycles. The van der Waals surface area contributed by atoms with E-state index in [9.17, 15) is 14.4 Å². The minimum Gasteiger partial charge on any atom is -0.353 e. The minimum atomic E-state index is -0.574. The Labute approximate surface area is 180 Å². The van der Waals surface area contributed by atoms with E-state index in [2.05, 4.69) is 10.6 Å². The molecule has 1 saturated heterocycles. The minimum absolute atomic E-state index is 0.00703. The molecule has 0 radical (unpaired) electrons. The second-order valence-corrected chi connectivity index (χ2v) is 8.80. The van der Waals surface area contributed by atoms with E-state index in [-0.39, 0.29) is 29.7 Å². The number of nitrogens with zero attached hydrogens (tertiary/aromatic N) is 1. The summed E-state index contributed by atoms with van der Waals surface area (Å²) < 4.78 is 0. The van der Waals surface area contributed by atoms with E-state index in [0.717, 1.165) is 24.0 Å². The Hall–Kier alpha value is -2.67. The number of piperidine rings is 1. The van der Waals surface area contributed by atoms with Crippen LogP contribution in [-0.2, 0) is 9.59 Å². The van der Waals surface area contributed by atoms with Crippen molar-refractivity contribution in [2.45, 2.75) is 51.6 Å². The average molecular weight is 426 g/mol. The largest absolute Gasteiger partial charge is 0.353 e. The molecule has 4 rings (SSSR count). The molecule has 1 aromatic carbocycles. The van der Waals surface area contributed by atoms with E-state index in [1.54, 1.807) is 16.2 Å². The van der Waals surface area contributed by atoms with Gasteiger partial charge < -0.3 is 15.5 Å². The highest BCUT2D eigenvalue weighted by molar-refractivity contribution is 7.08. The maximum atomic E-state index is 13.3. The number of carbonyl (C=O) groups is 3. The molecule has 2 atom stereocenters. The van der Waals surface area contributed by atoms with Gasteiger partial charge in [-0.3, -0.25) is 14.4 Å². The number of benzene rings is 1. The standard InChI is InChI=1S/C23H27N3O3S/c1-3-14(4-2)21(27)24-17-7-9-26-20(12-17)22(28)25-19-6-5-15(11-18(19)23(26)29)16-8-10-30-13-16/h5-6,8,10-11,13-14,17,20H,3-4,7,9,12H2,1-2H3,(H,24,27)(H,25,28). The Morgan fingerprint density at radius 3 is 2.73 bits per heavy atom. The molecule has 3 heterocycles. The Balaban J connectivity index is 1.55. The van der Waals surface area contributed by atoms with Crippen LogP contribution in [0, 0.1) is 5.92 Å². The first-order valence-corrected chi connectivity index (χ1v) is 11.5. The van der Waals surface area contributed by atoms with Crippen molar-refractivity contribution in [3.63, 3.8) is 0 Å². The van der Waals surface area contributed by atoms with Crippen molar-refractivity contribution in [2.24, 2.45) is 5.92 Å². The van der Waals surface area contributed by atoms with Gasteiger partial charge in [-0.05, 0) is 65.8 Å². The quantitative estimate of drug-likeness (QED) is 0.763. The first kappa shape index (κ1) is 20.6. The fourth-order valence-electron chi connectivity index (χ4n) is 4.38. The van der Waals surface area contributed by atoms with Crippen LogP contribution in [0.1, 0.15) is 49.9 Å². The summed E-state index contributed by atoms with van der Waals surface area (Å²) in [7, 11) is 0. The number of fused-ring (bicyclic) bond motifs is 2. The van der Waals surface area contributed by atoms with Gasteiger partial charge in [-0.15, -0.1) is 0 Å². The molecule has 2 aromatic rings. The summed E-state index contributed by atoms with van der Waals surface area (Å²) in [6.07, 6.45) is 2.69. The van der Waals surface area contributed by atoms with Gasteiger partial charge in [0.2, 0.25) is 11.8 Å². The SMILES string of the molecule is CCC(CC)C(=O)NC1CCN2C(=O)c3cc(-c4ccsc4)ccc3NC(=O)C2C1. The molecule has 0 spiro atoms. The lowest BCUT2D eigenvalue weighted by Crippen LogP contribution is -2.55. The van der Waals surface area contributed by atoms with Crippen molar-refractivity contribution in [3.8, 4) is 11.1 Å². The maximum Gasteiger partial charge on any atom is 0.256 e. The van der Waals surface area contributed by atoms with Gasteiger partial charge in [-0.25, -0.2) is 0 Å². The third-order valence-electron chi connectivity index (χ3n) is 6.23. The number of rotatable bonds is 5. The molecule has 158 valence electrons. The van der Waals surface area contributed by atoms with Gasteiger partial charge >= 0.3 is 0 Å². The molecule has 3 amide bonds. The zero-order valence-electron chi connectivity index (χ0n) is 17.3. The molecule has 0 saturated carbocycles. The van der Waals surface area contributed by atoms with Gasteiger partial charge in [-0.1, -0.05) is 19.9 Å². The third kappa shape index (κ3) is 3.86. The Kier molecular flexibility index (Phi) is 5.90. The number of amides is 3. The van der Waals surface area contributed by atoms with E-state index in [1.807, 2.05) is 48.9 Å². The van der Waals surface area contributed by atoms with E-state index >= 15 is 0 Å². The summed E-state index contributed by atoms with van der Waals surface area (Å²) in [4.78, 5) is 40.4. The second kappa shape index (κ2) is 8.60. The molecule has 1 fully saturated rings. The molecule has 2 aliphatic rings. The molecule has 0 bridgehead atoms. The molecule has 1 aromatic heterocycles. The normalized spacial score (nSPS) is 21.0. The zero-order valence-corrected chi connectivity index (χ0v) is 18.1. The first-order chi connectivity index (χ1) is 14.5. The molecule has 2 aliphatic heterocycles. The molecule has 7 heteroatoms. The summed E-state index contributed by atoms with van der Waals surface area (Å²) in [6, 6.07) is 6.95. The van der Waals surface area contributed by atoms with Crippen LogP contribution in [0.3, 0.4) is 0 Å². The number of anilines is 1. The number of carbonyl (C=O) groups excluding carboxylic acids is 3. The summed E-state index contributed by atoms with van der Waals surface area (Å²) >= 11 is 1.61. The number of thiophene rings is 1. The monoisotopic (exact) mass is 425 g/mol. The molecule has 2 unspecified atom stereocenters. The van der Waals surface area contributed by atoms with Crippen molar-refractivity contribution >= 4 is 34.7 Å². The highest BCUT2D eigenvalue weighted by Gasteiger charge is 2.40. The molecular formula is C23H27N3O3S. The lowest BCUT2D eigenvalue weighted by atomic mass is 9.94. The highest BCUT2D eigenvalue weighted by atomic mass is 32.1. The van der Waals surface area contributed by atoms with Crippen LogP contribution >= 0.6 is 11.3 Å². The van der Waals surface area contributed by atoms with Crippen molar-refractivity contribution in [1.82, 2.24) is 10.2 Å². The smallest absolute Gasteiger partial charge is 0.256 e. The predicted molar refractivity (Wildman–Crippen MR) is 118 cm³/mol. The summed E-state index contributed by atoms with van der Waals surface area (Å²) in [5.74, 6) is -0.281. The van der Waals surface area contributed by atoms with Crippen LogP contribution < -0.4 is 10.6 Å². The lowest BCUT2D eigenvalue weighted by Gasteiger charge is -2.37. The first-order valence-electron chi connectivity index (χ1n) is 10.6. The third-order valence-corrected chi connectivity index (χ3v) is 6.91. The lowest BCUT2D eigenvalue weighted by molar-refractivity contribution is -0.127. The maximum absolute atomic E-state index is 13.3. The summed E-state index contributed by atoms with van der Waals surface area (Å²) in [5, 5.41) is 10.1. The number of hydrogen-bond acceptors (Lipinski definition) is 4. The van der Waals surface area contributed by atoms with E-state index in [0.29, 0.717) is 30.6 Å². The molecule has 6 nitrogen and oxygen atoms in total.